The van der Waals surface area contributed by atoms with Gasteiger partial charge in [-0.15, -0.1) is 134 Å². The first kappa shape index (κ1) is 113. The number of aliphatic hydroxyl groups is 4. The molecule has 0 unspecified atom stereocenters. The molecule has 20 aromatic rings. The number of rotatable bonds is 12. The zero-order valence-corrected chi connectivity index (χ0v) is 93.6. The van der Waals surface area contributed by atoms with Gasteiger partial charge < -0.3 is 38.2 Å². The van der Waals surface area contributed by atoms with Gasteiger partial charge in [-0.25, -0.2) is 19.9 Å². The molecular weight excluding hydrogens is 2540 g/mol. The summed E-state index contributed by atoms with van der Waals surface area (Å²) in [6.07, 6.45) is 11.1. The molecule has 10 heterocycles. The van der Waals surface area contributed by atoms with Crippen LogP contribution in [0.3, 0.4) is 0 Å². The van der Waals surface area contributed by atoms with Crippen LogP contribution >= 0.6 is 22.7 Å². The van der Waals surface area contributed by atoms with E-state index in [2.05, 4.69) is 290 Å². The maximum Gasteiger partial charge on any atom is 0.155 e. The van der Waals surface area contributed by atoms with Gasteiger partial charge in [-0.05, 0) is 124 Å². The molecule has 0 aliphatic carbocycles. The Balaban J connectivity index is 0.000000193. The standard InChI is InChI=1S/C25H16N3S.C24H13N2O2.C24H23N2O.C24H23N2S.4C5H8O2.4Ir/c1-28-21-10-6-5-9-18(21)19-12-11-17(13-22(19)28)24-25-20(26-15-27-24)14-23(29-25)16-7-3-2-4-8-16;1-2-7-15(8-3-1)21-13-19-24(28-21)22(26-14-25-19)18-11-6-10-17-16-9-4-5-12-20(16)27-23(17)18;2*1-15-10-16(2)12-18(11-15)22-23-20(25-14-26-22)13-21(27-23)17-6-8-19(9-7-17)24(3,4)5;4*1-4(6)3-5(2)7;;;;/h2-10,12-15H,1H3;1-10,12-14H;2*6-11,13-14H,1-5H3;4*3,6H,1-2H3;;;;/q4*-1;;;;;;;;. The van der Waals surface area contributed by atoms with E-state index in [1.165, 1.54) is 145 Å². The van der Waals surface area contributed by atoms with Crippen molar-refractivity contribution in [3.05, 3.63) is 361 Å². The minimum Gasteiger partial charge on any atom is -0.512 e. The van der Waals surface area contributed by atoms with E-state index >= 15 is 0 Å². The number of ketones is 4. The number of nitrogens with zero attached hydrogens (tertiary/aromatic N) is 9. The Bertz CT molecular complexity index is 7670. The first-order valence-corrected chi connectivity index (χ1v) is 46.5. The number of thiophene rings is 2. The molecule has 10 aromatic carbocycles. The van der Waals surface area contributed by atoms with E-state index < -0.39 is 0 Å². The largest absolute Gasteiger partial charge is 0.512 e. The summed E-state index contributed by atoms with van der Waals surface area (Å²) in [5.41, 5.74) is 28.0. The third-order valence-electron chi connectivity index (χ3n) is 21.6. The molecule has 0 saturated heterocycles. The fraction of sp³-hybridized carbons (Fsp3) is 0.179. The number of aromatic nitrogens is 9. The van der Waals surface area contributed by atoms with E-state index in [1.54, 1.807) is 48.0 Å². The fourth-order valence-electron chi connectivity index (χ4n) is 15.5. The molecule has 143 heavy (non-hydrogen) atoms. The molecule has 0 aliphatic rings. The summed E-state index contributed by atoms with van der Waals surface area (Å²) < 4.78 is 23.0. The summed E-state index contributed by atoms with van der Waals surface area (Å²) in [6.45, 7) is 33.1. The Morgan fingerprint density at radius 2 is 0.741 bits per heavy atom. The van der Waals surface area contributed by atoms with Gasteiger partial charge in [0.2, 0.25) is 0 Å². The minimum absolute atomic E-state index is 0. The van der Waals surface area contributed by atoms with Gasteiger partial charge in [0.05, 0.1) is 39.7 Å². The maximum absolute atomic E-state index is 10.0. The average Bonchev–Trinajstić information content (AvgIpc) is 1.61. The summed E-state index contributed by atoms with van der Waals surface area (Å²) in [6, 6.07) is 92.8. The molecule has 4 N–H and O–H groups in total. The van der Waals surface area contributed by atoms with Gasteiger partial charge in [-0.1, -0.05) is 231 Å². The molecule has 10 aromatic heterocycles. The Hall–Kier alpha value is -13.4. The molecule has 0 spiro atoms. The van der Waals surface area contributed by atoms with Gasteiger partial charge in [0.25, 0.3) is 0 Å². The predicted molar refractivity (Wildman–Crippen MR) is 563 cm³/mol. The van der Waals surface area contributed by atoms with Crippen LogP contribution in [0, 0.1) is 52.0 Å². The molecule has 0 fully saturated rings. The summed E-state index contributed by atoms with van der Waals surface area (Å²) in [5, 5.41) is 38.0. The first-order valence-electron chi connectivity index (χ1n) is 44.9. The van der Waals surface area contributed by atoms with Crippen molar-refractivity contribution >= 4 is 132 Å². The third-order valence-corrected chi connectivity index (χ3v) is 23.9. The Morgan fingerprint density at radius 3 is 1.19 bits per heavy atom. The van der Waals surface area contributed by atoms with Crippen molar-refractivity contribution in [1.29, 1.82) is 0 Å². The van der Waals surface area contributed by atoms with Crippen LogP contribution in [0.25, 0.3) is 175 Å². The number of aliphatic hydroxyl groups excluding tert-OH is 4. The van der Waals surface area contributed by atoms with Gasteiger partial charge >= 0.3 is 0 Å². The SMILES string of the molecule is CC(=O)C=C(C)O.CC(=O)C=C(C)O.CC(=O)C=C(C)O.CC(=O)C=C(C)O.Cc1[c-]c(-c2ncnc3cc(-c4ccc(C(C)(C)C)cc4)oc23)cc(C)c1.Cc1[c-]c(-c2ncnc3cc(-c4ccc(C(C)(C)C)cc4)sc23)cc(C)c1.Cn1c2ccccc2c2c[c-]c(-c3ncnc4cc(-c5ccccc5)sc34)cc21.[Ir].[Ir].[Ir].[Ir].[c-]1ccc2c(oc3ccccc32)c1-c1ncnc2cc(-c3ccccc3)oc12. The second kappa shape index (κ2) is 51.0. The molecule has 20 nitrogen and oxygen atoms in total. The van der Waals surface area contributed by atoms with Crippen LogP contribution in [0.5, 0.6) is 0 Å². The van der Waals surface area contributed by atoms with Crippen molar-refractivity contribution in [2.45, 2.75) is 135 Å². The number of hydrogen-bond donors (Lipinski definition) is 4. The predicted octanol–water partition coefficient (Wildman–Crippen LogP) is 29.9. The quantitative estimate of drug-likeness (QED) is 0.0502. The molecule has 0 amide bonds. The summed E-state index contributed by atoms with van der Waals surface area (Å²) in [4.78, 5) is 78.5. The molecule has 0 bridgehead atoms. The van der Waals surface area contributed by atoms with E-state index in [9.17, 15) is 19.2 Å². The normalized spacial score (nSPS) is 11.3. The molecule has 26 heteroatoms. The van der Waals surface area contributed by atoms with E-state index in [4.69, 9.17) is 33.7 Å². The molecule has 738 valence electrons. The molecule has 0 aliphatic heterocycles. The van der Waals surface area contributed by atoms with Crippen LogP contribution in [0.15, 0.2) is 316 Å². The molecule has 4 radical (unpaired) electrons. The van der Waals surface area contributed by atoms with Crippen molar-refractivity contribution in [2.24, 2.45) is 7.05 Å². The van der Waals surface area contributed by atoms with E-state index in [-0.39, 0.29) is 137 Å². The second-order valence-electron chi connectivity index (χ2n) is 35.6. The summed E-state index contributed by atoms with van der Waals surface area (Å²) >= 11 is 3.49. The third kappa shape index (κ3) is 29.6. The Labute approximate surface area is 893 Å². The van der Waals surface area contributed by atoms with Crippen LogP contribution in [-0.4, -0.2) is 88.0 Å². The van der Waals surface area contributed by atoms with E-state index in [0.717, 1.165) is 127 Å². The minimum atomic E-state index is -0.125. The number of carbonyl (C=O) groups excluding carboxylic acids is 4. The zero-order valence-electron chi connectivity index (χ0n) is 82.4. The Morgan fingerprint density at radius 1 is 0.357 bits per heavy atom. The van der Waals surface area contributed by atoms with Gasteiger partial charge in [-0.2, -0.15) is 0 Å². The van der Waals surface area contributed by atoms with Crippen molar-refractivity contribution in [3.8, 4) is 88.6 Å². The number of furan rings is 3. The van der Waals surface area contributed by atoms with Gasteiger partial charge in [0.15, 0.2) is 23.1 Å². The number of benzene rings is 10. The summed E-state index contributed by atoms with van der Waals surface area (Å²) in [7, 11) is 2.11. The van der Waals surface area contributed by atoms with Crippen LogP contribution in [0.2, 0.25) is 0 Å². The summed E-state index contributed by atoms with van der Waals surface area (Å²) in [5.74, 6) is 1.31. The fourth-order valence-corrected chi connectivity index (χ4v) is 17.8. The Kier molecular flexibility index (Phi) is 40.3. The number of fused-ring (bicyclic) bond motifs is 10. The number of carbonyl (C=O) groups is 4. The average molecular weight is 2650 g/mol. The van der Waals surface area contributed by atoms with Crippen LogP contribution < -0.4 is 0 Å². The van der Waals surface area contributed by atoms with Crippen LogP contribution in [-0.2, 0) is 117 Å². The number of para-hydroxylation sites is 2. The first-order chi connectivity index (χ1) is 66.3. The smallest absolute Gasteiger partial charge is 0.155 e. The number of allylic oxidation sites excluding steroid dienone is 8. The molecule has 0 atom stereocenters. The van der Waals surface area contributed by atoms with Crippen LogP contribution in [0.4, 0.5) is 0 Å². The van der Waals surface area contributed by atoms with Crippen LogP contribution in [0.1, 0.15) is 130 Å². The monoisotopic (exact) mass is 2650 g/mol. The molecule has 20 rings (SSSR count). The van der Waals surface area contributed by atoms with Crippen molar-refractivity contribution in [1.82, 2.24) is 44.4 Å². The molecule has 0 saturated carbocycles. The van der Waals surface area contributed by atoms with Gasteiger partial charge in [-0.3, -0.25) is 39.1 Å². The molecular formula is C117H107Ir4N9O11S2-4. The van der Waals surface area contributed by atoms with Gasteiger partial charge in [0.1, 0.15) is 64.6 Å². The number of aryl methyl sites for hydroxylation is 5. The van der Waals surface area contributed by atoms with Crippen molar-refractivity contribution in [3.63, 3.8) is 0 Å². The topological polar surface area (TPSA) is 297 Å². The van der Waals surface area contributed by atoms with Crippen molar-refractivity contribution < 1.29 is 133 Å². The van der Waals surface area contributed by atoms with E-state index in [1.807, 2.05) is 85.8 Å². The van der Waals surface area contributed by atoms with Gasteiger partial charge in [0, 0.05) is 188 Å². The van der Waals surface area contributed by atoms with E-state index in [0.29, 0.717) is 16.9 Å². The second-order valence-corrected chi connectivity index (χ2v) is 37.7. The maximum atomic E-state index is 10.0. The van der Waals surface area contributed by atoms with Crippen molar-refractivity contribution in [2.75, 3.05) is 0 Å². The zero-order chi connectivity index (χ0) is 99.7. The number of hydrogen-bond acceptors (Lipinski definition) is 21.